The number of carboxylic acid groups (broad SMARTS) is 1. The Morgan fingerprint density at radius 2 is 2.12 bits per heavy atom. The van der Waals surface area contributed by atoms with Crippen LogP contribution in [0.1, 0.15) is 17.9 Å². The summed E-state index contributed by atoms with van der Waals surface area (Å²) in [5.74, 6) is -3.58. The first-order valence-electron chi connectivity index (χ1n) is 5.48. The monoisotopic (exact) mass is 241 g/mol. The van der Waals surface area contributed by atoms with Crippen molar-refractivity contribution >= 4 is 5.97 Å². The van der Waals surface area contributed by atoms with E-state index in [-0.39, 0.29) is 5.92 Å². The molecule has 0 radical (unpaired) electrons. The van der Waals surface area contributed by atoms with Crippen LogP contribution in [0.3, 0.4) is 0 Å². The van der Waals surface area contributed by atoms with Crippen LogP contribution in [0.2, 0.25) is 0 Å². The van der Waals surface area contributed by atoms with Gasteiger partial charge in [-0.1, -0.05) is 6.07 Å². The molecule has 1 aliphatic rings. The Balaban J connectivity index is 2.29. The zero-order valence-electron chi connectivity index (χ0n) is 9.12. The zero-order valence-corrected chi connectivity index (χ0v) is 9.12. The smallest absolute Gasteiger partial charge is 0.307 e. The maximum absolute atomic E-state index is 13.1. The first-order chi connectivity index (χ1) is 8.09. The summed E-state index contributed by atoms with van der Waals surface area (Å²) in [4.78, 5) is 11.1. The molecular formula is C12H13F2NO2. The van der Waals surface area contributed by atoms with Gasteiger partial charge in [-0.05, 0) is 30.7 Å². The van der Waals surface area contributed by atoms with E-state index in [9.17, 15) is 13.6 Å². The van der Waals surface area contributed by atoms with Crippen molar-refractivity contribution in [3.8, 4) is 0 Å². The fraction of sp³-hybridized carbons (Fsp3) is 0.417. The molecule has 0 bridgehead atoms. The molecule has 0 aromatic heterocycles. The predicted octanol–water partition coefficient (Wildman–Crippen LogP) is 1.74. The van der Waals surface area contributed by atoms with Crippen molar-refractivity contribution in [3.63, 3.8) is 0 Å². The van der Waals surface area contributed by atoms with Gasteiger partial charge in [-0.2, -0.15) is 0 Å². The second-order valence-corrected chi connectivity index (χ2v) is 4.22. The van der Waals surface area contributed by atoms with Gasteiger partial charge in [0, 0.05) is 12.5 Å². The lowest BCUT2D eigenvalue weighted by atomic mass is 9.81. The van der Waals surface area contributed by atoms with Crippen molar-refractivity contribution in [1.29, 1.82) is 0 Å². The lowest BCUT2D eigenvalue weighted by Gasteiger charge is -2.29. The van der Waals surface area contributed by atoms with Gasteiger partial charge in [0.25, 0.3) is 0 Å². The Labute approximate surface area is 97.5 Å². The van der Waals surface area contributed by atoms with Gasteiger partial charge < -0.3 is 10.4 Å². The van der Waals surface area contributed by atoms with E-state index in [2.05, 4.69) is 5.32 Å². The molecule has 1 aromatic rings. The Hall–Kier alpha value is -1.49. The van der Waals surface area contributed by atoms with Crippen molar-refractivity contribution in [2.24, 2.45) is 5.92 Å². The number of hydrogen-bond acceptors (Lipinski definition) is 2. The van der Waals surface area contributed by atoms with Crippen LogP contribution in [0, 0.1) is 17.6 Å². The van der Waals surface area contributed by atoms with Crippen molar-refractivity contribution in [2.45, 2.75) is 12.3 Å². The summed E-state index contributed by atoms with van der Waals surface area (Å²) in [7, 11) is 0. The van der Waals surface area contributed by atoms with Crippen molar-refractivity contribution < 1.29 is 18.7 Å². The number of nitrogens with one attached hydrogen (secondary N) is 1. The molecule has 0 amide bonds. The van der Waals surface area contributed by atoms with Gasteiger partial charge in [-0.25, -0.2) is 8.78 Å². The molecule has 0 spiro atoms. The number of halogens is 2. The van der Waals surface area contributed by atoms with E-state index in [1.54, 1.807) is 0 Å². The standard InChI is InChI=1S/C12H13F2NO2/c13-10-2-1-7(5-11(10)14)9-6-15-4-3-8(9)12(16)17/h1-2,5,8-9,15H,3-4,6H2,(H,16,17). The third-order valence-electron chi connectivity index (χ3n) is 3.17. The number of piperidine rings is 1. The summed E-state index contributed by atoms with van der Waals surface area (Å²) >= 11 is 0. The lowest BCUT2D eigenvalue weighted by Crippen LogP contribution is -2.38. The van der Waals surface area contributed by atoms with Crippen LogP contribution in [-0.4, -0.2) is 24.2 Å². The van der Waals surface area contributed by atoms with Gasteiger partial charge in [0.05, 0.1) is 5.92 Å². The van der Waals surface area contributed by atoms with Crippen LogP contribution in [0.15, 0.2) is 18.2 Å². The van der Waals surface area contributed by atoms with Crippen molar-refractivity contribution in [1.82, 2.24) is 5.32 Å². The lowest BCUT2D eigenvalue weighted by molar-refractivity contribution is -0.143. The van der Waals surface area contributed by atoms with Gasteiger partial charge >= 0.3 is 5.97 Å². The Kier molecular flexibility index (Phi) is 3.38. The van der Waals surface area contributed by atoms with Gasteiger partial charge in [0.15, 0.2) is 11.6 Å². The topological polar surface area (TPSA) is 49.3 Å². The number of carbonyl (C=O) groups is 1. The molecule has 1 aromatic carbocycles. The molecule has 1 fully saturated rings. The van der Waals surface area contributed by atoms with Crippen LogP contribution in [-0.2, 0) is 4.79 Å². The van der Waals surface area contributed by atoms with Crippen molar-refractivity contribution in [2.75, 3.05) is 13.1 Å². The number of aliphatic carboxylic acids is 1. The number of hydrogen-bond donors (Lipinski definition) is 2. The second-order valence-electron chi connectivity index (χ2n) is 4.22. The van der Waals surface area contributed by atoms with Gasteiger partial charge in [-0.3, -0.25) is 4.79 Å². The molecule has 5 heteroatoms. The van der Waals surface area contributed by atoms with Crippen LogP contribution in [0.5, 0.6) is 0 Å². The minimum Gasteiger partial charge on any atom is -0.481 e. The molecule has 0 aliphatic carbocycles. The van der Waals surface area contributed by atoms with E-state index in [4.69, 9.17) is 5.11 Å². The fourth-order valence-electron chi connectivity index (χ4n) is 2.25. The molecule has 0 saturated carbocycles. The molecule has 2 rings (SSSR count). The minimum absolute atomic E-state index is 0.309. The Bertz CT molecular complexity index is 437. The Morgan fingerprint density at radius 3 is 2.76 bits per heavy atom. The highest BCUT2D eigenvalue weighted by atomic mass is 19.2. The van der Waals surface area contributed by atoms with E-state index in [1.807, 2.05) is 0 Å². The SMILES string of the molecule is O=C(O)C1CCNCC1c1ccc(F)c(F)c1. The molecule has 2 N–H and O–H groups in total. The van der Waals surface area contributed by atoms with E-state index >= 15 is 0 Å². The largest absolute Gasteiger partial charge is 0.481 e. The Morgan fingerprint density at radius 1 is 1.35 bits per heavy atom. The van der Waals surface area contributed by atoms with Crippen molar-refractivity contribution in [3.05, 3.63) is 35.4 Å². The minimum atomic E-state index is -0.933. The number of carboxylic acids is 1. The summed E-state index contributed by atoms with van der Waals surface area (Å²) < 4.78 is 25.9. The van der Waals surface area contributed by atoms with E-state index in [0.29, 0.717) is 25.1 Å². The third-order valence-corrected chi connectivity index (χ3v) is 3.17. The molecule has 3 nitrogen and oxygen atoms in total. The maximum Gasteiger partial charge on any atom is 0.307 e. The molecule has 2 unspecified atom stereocenters. The van der Waals surface area contributed by atoms with Crippen LogP contribution >= 0.6 is 0 Å². The van der Waals surface area contributed by atoms with E-state index in [0.717, 1.165) is 12.1 Å². The summed E-state index contributed by atoms with van der Waals surface area (Å²) in [6.45, 7) is 1.11. The normalized spacial score (nSPS) is 24.6. The number of benzene rings is 1. The highest BCUT2D eigenvalue weighted by Crippen LogP contribution is 2.30. The fourth-order valence-corrected chi connectivity index (χ4v) is 2.25. The zero-order chi connectivity index (χ0) is 12.4. The number of rotatable bonds is 2. The average Bonchev–Trinajstić information content (AvgIpc) is 2.32. The maximum atomic E-state index is 13.1. The molecule has 17 heavy (non-hydrogen) atoms. The summed E-state index contributed by atoms with van der Waals surface area (Å²) in [5, 5.41) is 12.2. The highest BCUT2D eigenvalue weighted by molar-refractivity contribution is 5.71. The second kappa shape index (κ2) is 4.79. The molecule has 1 heterocycles. The van der Waals surface area contributed by atoms with Gasteiger partial charge in [-0.15, -0.1) is 0 Å². The van der Waals surface area contributed by atoms with Crippen LogP contribution in [0.4, 0.5) is 8.78 Å². The molecule has 1 saturated heterocycles. The first-order valence-corrected chi connectivity index (χ1v) is 5.48. The molecule has 2 atom stereocenters. The van der Waals surface area contributed by atoms with Gasteiger partial charge in [0.1, 0.15) is 0 Å². The average molecular weight is 241 g/mol. The van der Waals surface area contributed by atoms with E-state index < -0.39 is 23.5 Å². The van der Waals surface area contributed by atoms with Gasteiger partial charge in [0.2, 0.25) is 0 Å². The summed E-state index contributed by atoms with van der Waals surface area (Å²) in [6, 6.07) is 3.58. The summed E-state index contributed by atoms with van der Waals surface area (Å²) in [6.07, 6.45) is 0.499. The highest BCUT2D eigenvalue weighted by Gasteiger charge is 2.32. The van der Waals surface area contributed by atoms with Crippen LogP contribution in [0.25, 0.3) is 0 Å². The molecule has 1 aliphatic heterocycles. The predicted molar refractivity (Wildman–Crippen MR) is 57.7 cm³/mol. The van der Waals surface area contributed by atoms with E-state index in [1.165, 1.54) is 6.07 Å². The van der Waals surface area contributed by atoms with Crippen LogP contribution < -0.4 is 5.32 Å². The summed E-state index contributed by atoms with van der Waals surface area (Å²) in [5.41, 5.74) is 0.531. The third kappa shape index (κ3) is 2.44. The first kappa shape index (κ1) is 12.0. The molecular weight excluding hydrogens is 228 g/mol. The molecule has 92 valence electrons. The quantitative estimate of drug-likeness (QED) is 0.829.